The van der Waals surface area contributed by atoms with Crippen molar-refractivity contribution < 1.29 is 4.79 Å². The van der Waals surface area contributed by atoms with E-state index in [0.29, 0.717) is 6.42 Å². The van der Waals surface area contributed by atoms with Gasteiger partial charge in [-0.05, 0) is 54.5 Å². The number of rotatable bonds is 6. The molecule has 1 aliphatic heterocycles. The fraction of sp³-hybridized carbons (Fsp3) is 0.364. The molecule has 4 nitrogen and oxygen atoms in total. The van der Waals surface area contributed by atoms with E-state index in [-0.39, 0.29) is 11.9 Å². The van der Waals surface area contributed by atoms with Gasteiger partial charge in [0.1, 0.15) is 6.04 Å². The number of nitrogens with one attached hydrogen (secondary N) is 2. The maximum absolute atomic E-state index is 12.3. The smallest absolute Gasteiger partial charge is 0.238 e. The minimum Gasteiger partial charge on any atom is -0.339 e. The highest BCUT2D eigenvalue weighted by atomic mass is 32.2. The number of carbonyl (C=O) groups is 1. The van der Waals surface area contributed by atoms with Gasteiger partial charge >= 0.3 is 0 Å². The molecule has 0 bridgehead atoms. The van der Waals surface area contributed by atoms with Gasteiger partial charge in [-0.15, -0.1) is 11.8 Å². The van der Waals surface area contributed by atoms with Gasteiger partial charge in [-0.25, -0.2) is 0 Å². The van der Waals surface area contributed by atoms with Crippen LogP contribution in [-0.2, 0) is 11.2 Å². The highest BCUT2D eigenvalue weighted by Crippen LogP contribution is 2.25. The summed E-state index contributed by atoms with van der Waals surface area (Å²) in [5.74, 6) is -0.0632. The zero-order valence-corrected chi connectivity index (χ0v) is 16.4. The molecule has 0 aromatic heterocycles. The molecular weight excluding hydrogens is 354 g/mol. The molecule has 5 heteroatoms. The van der Waals surface area contributed by atoms with Gasteiger partial charge < -0.3 is 10.6 Å². The van der Waals surface area contributed by atoms with Crippen molar-refractivity contribution in [3.05, 3.63) is 54.1 Å². The lowest BCUT2D eigenvalue weighted by Gasteiger charge is -2.23. The van der Waals surface area contributed by atoms with Crippen molar-refractivity contribution in [2.24, 2.45) is 0 Å². The summed E-state index contributed by atoms with van der Waals surface area (Å²) in [5.41, 5.74) is 3.38. The average molecular weight is 380 g/mol. The Bertz CT molecular complexity index is 807. The van der Waals surface area contributed by atoms with Crippen LogP contribution in [0.2, 0.25) is 0 Å². The Kier molecular flexibility index (Phi) is 6.92. The van der Waals surface area contributed by atoms with Crippen molar-refractivity contribution in [3.63, 3.8) is 0 Å². The van der Waals surface area contributed by atoms with Crippen molar-refractivity contribution in [1.82, 2.24) is 10.6 Å². The normalized spacial score (nSPS) is 17.7. The Morgan fingerprint density at radius 1 is 1.26 bits per heavy atom. The number of hydrogen-bond acceptors (Lipinski definition) is 4. The van der Waals surface area contributed by atoms with E-state index < -0.39 is 6.04 Å². The van der Waals surface area contributed by atoms with E-state index in [2.05, 4.69) is 59.4 Å². The van der Waals surface area contributed by atoms with Crippen LogP contribution in [0.5, 0.6) is 0 Å². The molecule has 0 saturated carbocycles. The second-order valence-electron chi connectivity index (χ2n) is 6.83. The van der Waals surface area contributed by atoms with E-state index in [0.717, 1.165) is 36.9 Å². The van der Waals surface area contributed by atoms with Gasteiger partial charge in [-0.1, -0.05) is 42.8 Å². The first-order valence-electron chi connectivity index (χ1n) is 9.36. The van der Waals surface area contributed by atoms with Gasteiger partial charge in [0, 0.05) is 11.3 Å². The number of amides is 1. The molecule has 1 heterocycles. The molecule has 2 aromatic carbocycles. The molecule has 1 aliphatic rings. The summed E-state index contributed by atoms with van der Waals surface area (Å²) >= 11 is 1.73. The number of piperidine rings is 1. The van der Waals surface area contributed by atoms with Gasteiger partial charge in [0.05, 0.1) is 12.1 Å². The van der Waals surface area contributed by atoms with Crippen LogP contribution in [0.25, 0.3) is 11.1 Å². The molecule has 1 amide bonds. The number of nitrogens with zero attached hydrogens (tertiary/aromatic N) is 1. The molecule has 0 spiro atoms. The molecule has 2 aromatic rings. The lowest BCUT2D eigenvalue weighted by molar-refractivity contribution is -0.124. The highest BCUT2D eigenvalue weighted by Gasteiger charge is 2.22. The highest BCUT2D eigenvalue weighted by molar-refractivity contribution is 7.98. The van der Waals surface area contributed by atoms with Crippen LogP contribution in [0.1, 0.15) is 24.8 Å². The predicted molar refractivity (Wildman–Crippen MR) is 111 cm³/mol. The summed E-state index contributed by atoms with van der Waals surface area (Å²) < 4.78 is 0. The van der Waals surface area contributed by atoms with E-state index in [1.54, 1.807) is 11.8 Å². The number of hydrogen-bond donors (Lipinski definition) is 2. The molecule has 0 radical (unpaired) electrons. The summed E-state index contributed by atoms with van der Waals surface area (Å²) in [5, 5.41) is 15.5. The summed E-state index contributed by atoms with van der Waals surface area (Å²) in [6.07, 6.45) is 5.59. The van der Waals surface area contributed by atoms with Gasteiger partial charge in [0.15, 0.2) is 0 Å². The Morgan fingerprint density at radius 2 is 2.07 bits per heavy atom. The minimum absolute atomic E-state index is 0.0632. The molecule has 2 atom stereocenters. The van der Waals surface area contributed by atoms with Gasteiger partial charge in [-0.3, -0.25) is 4.79 Å². The lowest BCUT2D eigenvalue weighted by atomic mass is 10.00. The fourth-order valence-electron chi connectivity index (χ4n) is 3.35. The number of benzene rings is 2. The predicted octanol–water partition coefficient (Wildman–Crippen LogP) is 3.77. The first kappa shape index (κ1) is 19.5. The zero-order chi connectivity index (χ0) is 19.1. The van der Waals surface area contributed by atoms with Crippen molar-refractivity contribution in [2.45, 2.75) is 42.7 Å². The standard InChI is InChI=1S/C22H25N3OS/c1-27-20-6-4-5-18(14-20)17-10-8-16(9-11-17)13-19(15-23)25-22(26)21-7-2-3-12-24-21/h4-6,8-11,14,19,21,24H,2-3,7,12-13H2,1H3,(H,25,26)/t19-,21?/m0/s1. The van der Waals surface area contributed by atoms with Crippen LogP contribution in [0, 0.1) is 11.3 Å². The maximum Gasteiger partial charge on any atom is 0.238 e. The van der Waals surface area contributed by atoms with Crippen molar-refractivity contribution in [2.75, 3.05) is 12.8 Å². The summed E-state index contributed by atoms with van der Waals surface area (Å²) in [6, 6.07) is 18.2. The first-order valence-corrected chi connectivity index (χ1v) is 10.6. The molecule has 27 heavy (non-hydrogen) atoms. The molecule has 1 saturated heterocycles. The van der Waals surface area contributed by atoms with Crippen molar-refractivity contribution in [3.8, 4) is 17.2 Å². The Hall–Kier alpha value is -2.29. The minimum atomic E-state index is -0.508. The molecule has 0 aliphatic carbocycles. The molecule has 140 valence electrons. The SMILES string of the molecule is CSc1cccc(-c2ccc(C[C@@H](C#N)NC(=O)C3CCCCN3)cc2)c1. The second kappa shape index (κ2) is 9.59. The molecule has 1 fully saturated rings. The van der Waals surface area contributed by atoms with Gasteiger partial charge in [0.2, 0.25) is 5.91 Å². The van der Waals surface area contributed by atoms with E-state index in [1.807, 2.05) is 12.1 Å². The van der Waals surface area contributed by atoms with Crippen LogP contribution in [0.3, 0.4) is 0 Å². The molecule has 3 rings (SSSR count). The third-order valence-electron chi connectivity index (χ3n) is 4.90. The monoisotopic (exact) mass is 379 g/mol. The number of thioether (sulfide) groups is 1. The third kappa shape index (κ3) is 5.35. The van der Waals surface area contributed by atoms with Crippen LogP contribution < -0.4 is 10.6 Å². The van der Waals surface area contributed by atoms with E-state index in [4.69, 9.17) is 0 Å². The van der Waals surface area contributed by atoms with E-state index in [1.165, 1.54) is 10.5 Å². The summed E-state index contributed by atoms with van der Waals surface area (Å²) in [4.78, 5) is 13.6. The van der Waals surface area contributed by atoms with Gasteiger partial charge in [0.25, 0.3) is 0 Å². The lowest BCUT2D eigenvalue weighted by Crippen LogP contribution is -2.49. The summed E-state index contributed by atoms with van der Waals surface area (Å²) in [7, 11) is 0. The number of carbonyl (C=O) groups excluding carboxylic acids is 1. The van der Waals surface area contributed by atoms with E-state index >= 15 is 0 Å². The topological polar surface area (TPSA) is 64.9 Å². The van der Waals surface area contributed by atoms with Crippen LogP contribution in [-0.4, -0.2) is 30.8 Å². The second-order valence-corrected chi connectivity index (χ2v) is 7.71. The quantitative estimate of drug-likeness (QED) is 0.750. The average Bonchev–Trinajstić information content (AvgIpc) is 2.74. The summed E-state index contributed by atoms with van der Waals surface area (Å²) in [6.45, 7) is 0.870. The van der Waals surface area contributed by atoms with Crippen molar-refractivity contribution >= 4 is 17.7 Å². The largest absolute Gasteiger partial charge is 0.339 e. The Labute approximate surface area is 165 Å². The van der Waals surface area contributed by atoms with Crippen LogP contribution >= 0.6 is 11.8 Å². The van der Waals surface area contributed by atoms with Crippen molar-refractivity contribution in [1.29, 1.82) is 5.26 Å². The Balaban J connectivity index is 1.62. The van der Waals surface area contributed by atoms with Crippen LogP contribution in [0.15, 0.2) is 53.4 Å². The first-order chi connectivity index (χ1) is 13.2. The van der Waals surface area contributed by atoms with E-state index in [9.17, 15) is 10.1 Å². The number of nitriles is 1. The molecular formula is C22H25N3OS. The molecule has 2 N–H and O–H groups in total. The maximum atomic E-state index is 12.3. The van der Waals surface area contributed by atoms with Gasteiger partial charge in [-0.2, -0.15) is 5.26 Å². The fourth-order valence-corrected chi connectivity index (χ4v) is 3.81. The zero-order valence-electron chi connectivity index (χ0n) is 15.6. The Morgan fingerprint density at radius 3 is 2.74 bits per heavy atom. The van der Waals surface area contributed by atoms with Crippen LogP contribution in [0.4, 0.5) is 0 Å². The third-order valence-corrected chi connectivity index (χ3v) is 5.62. The molecule has 1 unspecified atom stereocenters.